The van der Waals surface area contributed by atoms with Gasteiger partial charge >= 0.3 is 12.1 Å². The minimum atomic E-state index is -1.05. The molecular formula is C21H26ClNO4S2. The molecule has 0 fully saturated rings. The van der Waals surface area contributed by atoms with Gasteiger partial charge in [0, 0.05) is 5.92 Å². The number of ether oxygens (including phenoxy) is 1. The van der Waals surface area contributed by atoms with Crippen molar-refractivity contribution in [2.75, 3.05) is 24.9 Å². The molecule has 1 unspecified atom stereocenters. The van der Waals surface area contributed by atoms with E-state index in [1.54, 1.807) is 6.26 Å². The zero-order chi connectivity index (χ0) is 20.5. The van der Waals surface area contributed by atoms with Crippen molar-refractivity contribution in [1.82, 2.24) is 5.32 Å². The highest BCUT2D eigenvalue weighted by Crippen LogP contribution is 2.44. The van der Waals surface area contributed by atoms with Gasteiger partial charge in [-0.1, -0.05) is 48.5 Å². The Hall–Kier alpha value is -1.83. The highest BCUT2D eigenvalue weighted by atomic mass is 35.5. The number of halogens is 1. The lowest BCUT2D eigenvalue weighted by Crippen LogP contribution is -3.00. The lowest BCUT2D eigenvalue weighted by molar-refractivity contribution is -0.139. The van der Waals surface area contributed by atoms with Crippen LogP contribution in [0.2, 0.25) is 0 Å². The Kier molecular flexibility index (Phi) is 11.0. The number of carboxylic acids is 1. The predicted molar refractivity (Wildman–Crippen MR) is 119 cm³/mol. The Morgan fingerprint density at radius 1 is 1.10 bits per heavy atom. The summed E-state index contributed by atoms with van der Waals surface area (Å²) in [5.41, 5.74) is 4.55. The molecule has 0 heterocycles. The van der Waals surface area contributed by atoms with Crippen molar-refractivity contribution in [3.63, 3.8) is 0 Å². The summed E-state index contributed by atoms with van der Waals surface area (Å²) in [6.07, 6.45) is 3.37. The summed E-state index contributed by atoms with van der Waals surface area (Å²) in [4.78, 5) is 23.3. The number of benzene rings is 2. The van der Waals surface area contributed by atoms with Crippen LogP contribution in [0.5, 0.6) is 0 Å². The van der Waals surface area contributed by atoms with Crippen LogP contribution in [0.25, 0.3) is 11.1 Å². The minimum Gasteiger partial charge on any atom is -1.00 e. The first-order valence-corrected chi connectivity index (χ1v) is 11.3. The smallest absolute Gasteiger partial charge is 0.407 e. The molecular weight excluding hydrogens is 430 g/mol. The standard InChI is InChI=1S/C20H21NO4S.CH4S.ClH/c1-26-11-10-18(19(22)23)21-20(24)25-12-17-15-8-4-2-6-13(15)14-7-3-5-9-16(14)17;1-2;/h2-9,17-18H,10-12H2,1H3,(H,21,24)(H,22,23);2H,1H3;1H. The molecule has 1 aliphatic carbocycles. The molecule has 1 aliphatic rings. The van der Waals surface area contributed by atoms with E-state index in [4.69, 9.17) is 4.74 Å². The topological polar surface area (TPSA) is 75.6 Å². The van der Waals surface area contributed by atoms with Crippen LogP contribution in [0.4, 0.5) is 4.79 Å². The molecule has 0 bridgehead atoms. The molecule has 29 heavy (non-hydrogen) atoms. The van der Waals surface area contributed by atoms with Gasteiger partial charge in [0.2, 0.25) is 0 Å². The fraction of sp³-hybridized carbons (Fsp3) is 0.333. The maximum atomic E-state index is 12.1. The number of fused-ring (bicyclic) bond motifs is 3. The Morgan fingerprint density at radius 3 is 2.10 bits per heavy atom. The van der Waals surface area contributed by atoms with Gasteiger partial charge in [0.1, 0.15) is 12.6 Å². The molecule has 2 N–H and O–H groups in total. The molecule has 0 aliphatic heterocycles. The Balaban J connectivity index is 0.00000136. The van der Waals surface area contributed by atoms with E-state index in [-0.39, 0.29) is 24.9 Å². The summed E-state index contributed by atoms with van der Waals surface area (Å²) in [6.45, 7) is 0.175. The van der Waals surface area contributed by atoms with E-state index < -0.39 is 18.1 Å². The number of carbonyl (C=O) groups is 2. The summed E-state index contributed by atoms with van der Waals surface area (Å²) in [5, 5.41) is 11.7. The first kappa shape index (κ1) is 25.2. The fourth-order valence-electron chi connectivity index (χ4n) is 3.28. The van der Waals surface area contributed by atoms with Crippen LogP contribution < -0.4 is 17.7 Å². The second kappa shape index (κ2) is 12.7. The average molecular weight is 456 g/mol. The molecule has 0 saturated carbocycles. The van der Waals surface area contributed by atoms with Crippen molar-refractivity contribution in [2.45, 2.75) is 18.4 Å². The minimum absolute atomic E-state index is 0. The van der Waals surface area contributed by atoms with E-state index in [0.717, 1.165) is 22.3 Å². The summed E-state index contributed by atoms with van der Waals surface area (Å²) >= 11 is 4.51. The van der Waals surface area contributed by atoms with E-state index in [1.807, 2.05) is 42.7 Å². The van der Waals surface area contributed by atoms with E-state index >= 15 is 0 Å². The van der Waals surface area contributed by atoms with Crippen LogP contribution in [0.3, 0.4) is 0 Å². The Labute approximate surface area is 187 Å². The maximum Gasteiger partial charge on any atom is 0.407 e. The van der Waals surface area contributed by atoms with Gasteiger partial charge in [-0.2, -0.15) is 11.8 Å². The van der Waals surface area contributed by atoms with Crippen LogP contribution in [-0.4, -0.2) is 48.1 Å². The number of alkyl carbamates (subject to hydrolysis) is 1. The third-order valence-electron chi connectivity index (χ3n) is 4.54. The number of thioether (sulfide) groups is 1. The monoisotopic (exact) mass is 455 g/mol. The van der Waals surface area contributed by atoms with Gasteiger partial charge in [0.15, 0.2) is 0 Å². The molecule has 0 aromatic heterocycles. The second-order valence-corrected chi connectivity index (χ2v) is 7.13. The lowest BCUT2D eigenvalue weighted by atomic mass is 9.98. The summed E-state index contributed by atoms with van der Waals surface area (Å²) in [6, 6.07) is 15.2. The molecule has 1 atom stereocenters. The van der Waals surface area contributed by atoms with Crippen LogP contribution in [-0.2, 0) is 22.2 Å². The number of rotatable bonds is 7. The van der Waals surface area contributed by atoms with E-state index in [0.29, 0.717) is 12.2 Å². The average Bonchev–Trinajstić information content (AvgIpc) is 3.05. The third kappa shape index (κ3) is 6.32. The van der Waals surface area contributed by atoms with Crippen molar-refractivity contribution in [1.29, 1.82) is 0 Å². The summed E-state index contributed by atoms with van der Waals surface area (Å²) < 4.78 is 5.38. The van der Waals surface area contributed by atoms with E-state index in [2.05, 4.69) is 30.1 Å². The van der Waals surface area contributed by atoms with Gasteiger partial charge in [0.25, 0.3) is 0 Å². The molecule has 5 nitrogen and oxygen atoms in total. The number of hydrogen-bond acceptors (Lipinski definition) is 4. The quantitative estimate of drug-likeness (QED) is 0.590. The second-order valence-electron chi connectivity index (χ2n) is 6.14. The van der Waals surface area contributed by atoms with Gasteiger partial charge in [-0.3, -0.25) is 0 Å². The van der Waals surface area contributed by atoms with Crippen LogP contribution >= 0.6 is 11.8 Å². The molecule has 158 valence electrons. The summed E-state index contributed by atoms with van der Waals surface area (Å²) in [5.74, 6) is -0.434. The van der Waals surface area contributed by atoms with Crippen molar-refractivity contribution in [2.24, 2.45) is 0 Å². The zero-order valence-electron chi connectivity index (χ0n) is 16.4. The van der Waals surface area contributed by atoms with Crippen molar-refractivity contribution in [3.05, 3.63) is 59.7 Å². The Morgan fingerprint density at radius 2 is 1.62 bits per heavy atom. The molecule has 2 aromatic carbocycles. The maximum absolute atomic E-state index is 12.1. The molecule has 0 saturated heterocycles. The summed E-state index contributed by atoms with van der Waals surface area (Å²) in [7, 11) is 0. The first-order valence-electron chi connectivity index (χ1n) is 8.95. The van der Waals surface area contributed by atoms with Crippen LogP contribution in [0.15, 0.2) is 48.5 Å². The lowest BCUT2D eigenvalue weighted by Gasteiger charge is -2.17. The fourth-order valence-corrected chi connectivity index (χ4v) is 3.75. The highest BCUT2D eigenvalue weighted by Gasteiger charge is 2.29. The van der Waals surface area contributed by atoms with Crippen molar-refractivity contribution < 1.29 is 31.8 Å². The van der Waals surface area contributed by atoms with Crippen LogP contribution in [0, 0.1) is 0 Å². The highest BCUT2D eigenvalue weighted by molar-refractivity contribution is 7.98. The van der Waals surface area contributed by atoms with Gasteiger partial charge in [-0.05, 0) is 53.3 Å². The van der Waals surface area contributed by atoms with Gasteiger partial charge < -0.3 is 27.6 Å². The van der Waals surface area contributed by atoms with E-state index in [9.17, 15) is 14.7 Å². The van der Waals surface area contributed by atoms with E-state index in [1.165, 1.54) is 11.8 Å². The number of carboxylic acid groups (broad SMARTS) is 1. The number of aliphatic carboxylic acids is 1. The third-order valence-corrected chi connectivity index (χ3v) is 5.19. The number of hydrogen-bond donors (Lipinski definition) is 2. The zero-order valence-corrected chi connectivity index (χ0v) is 18.9. The molecule has 0 spiro atoms. The number of amides is 1. The Bertz CT molecular complexity index is 773. The molecule has 3 rings (SSSR count). The van der Waals surface area contributed by atoms with Gasteiger partial charge in [-0.15, -0.1) is 0 Å². The van der Waals surface area contributed by atoms with Gasteiger partial charge in [-0.25, -0.2) is 9.59 Å². The molecule has 0 radical (unpaired) electrons. The first-order chi connectivity index (χ1) is 13.6. The normalized spacial score (nSPS) is 12.4. The SMILES string of the molecule is CSCCC(NC(=O)OCC1c2ccccc2-c2ccccc21)C(=O)O.C[SH2+].[Cl-]. The molecule has 8 heteroatoms. The molecule has 2 aromatic rings. The largest absolute Gasteiger partial charge is 1.00 e. The van der Waals surface area contributed by atoms with Gasteiger partial charge in [0.05, 0.1) is 6.26 Å². The number of nitrogens with one attached hydrogen (secondary N) is 1. The van der Waals surface area contributed by atoms with Crippen molar-refractivity contribution in [3.8, 4) is 11.1 Å². The number of carbonyl (C=O) groups excluding carboxylic acids is 1. The van der Waals surface area contributed by atoms with Crippen LogP contribution in [0.1, 0.15) is 23.5 Å². The molecule has 1 amide bonds. The predicted octanol–water partition coefficient (Wildman–Crippen LogP) is 0.363. The van der Waals surface area contributed by atoms with Crippen molar-refractivity contribution >= 4 is 36.5 Å².